The van der Waals surface area contributed by atoms with Crippen LogP contribution in [-0.2, 0) is 9.59 Å². The minimum absolute atomic E-state index is 0.0763. The minimum Gasteiger partial charge on any atom is -0.368 e. The number of nitrogens with zero attached hydrogens (tertiary/aromatic N) is 2. The van der Waals surface area contributed by atoms with Crippen molar-refractivity contribution < 1.29 is 9.59 Å². The zero-order valence-corrected chi connectivity index (χ0v) is 19.0. The van der Waals surface area contributed by atoms with E-state index in [2.05, 4.69) is 57.0 Å². The van der Waals surface area contributed by atoms with Crippen LogP contribution in [0.4, 0.5) is 11.4 Å². The predicted molar refractivity (Wildman–Crippen MR) is 121 cm³/mol. The topological polar surface area (TPSA) is 52.7 Å². The van der Waals surface area contributed by atoms with Gasteiger partial charge in [-0.05, 0) is 48.4 Å². The Morgan fingerprint density at radius 3 is 2.24 bits per heavy atom. The molecule has 5 nitrogen and oxygen atoms in total. The van der Waals surface area contributed by atoms with Gasteiger partial charge in [0.25, 0.3) is 0 Å². The van der Waals surface area contributed by atoms with Crippen molar-refractivity contribution in [1.82, 2.24) is 4.90 Å². The van der Waals surface area contributed by atoms with E-state index in [9.17, 15) is 9.59 Å². The second kappa shape index (κ2) is 10.7. The number of piperazine rings is 1. The first-order chi connectivity index (χ1) is 13.7. The van der Waals surface area contributed by atoms with E-state index in [0.717, 1.165) is 56.8 Å². The van der Waals surface area contributed by atoms with Crippen molar-refractivity contribution in [1.29, 1.82) is 0 Å². The van der Waals surface area contributed by atoms with Gasteiger partial charge in [0.1, 0.15) is 0 Å². The predicted octanol–water partition coefficient (Wildman–Crippen LogP) is 4.93. The molecule has 1 saturated heterocycles. The van der Waals surface area contributed by atoms with E-state index >= 15 is 0 Å². The van der Waals surface area contributed by atoms with Crippen LogP contribution in [-0.4, -0.2) is 42.9 Å². The fourth-order valence-corrected chi connectivity index (χ4v) is 4.08. The highest BCUT2D eigenvalue weighted by Gasteiger charge is 2.24. The molecule has 1 aliphatic rings. The van der Waals surface area contributed by atoms with Crippen molar-refractivity contribution in [3.63, 3.8) is 0 Å². The summed E-state index contributed by atoms with van der Waals surface area (Å²) >= 11 is 0. The molecule has 29 heavy (non-hydrogen) atoms. The van der Waals surface area contributed by atoms with Gasteiger partial charge in [-0.3, -0.25) is 9.59 Å². The van der Waals surface area contributed by atoms with Crippen LogP contribution in [0.15, 0.2) is 24.3 Å². The van der Waals surface area contributed by atoms with Gasteiger partial charge in [-0.15, -0.1) is 0 Å². The Hall–Kier alpha value is -2.04. The first kappa shape index (κ1) is 23.2. The average Bonchev–Trinajstić information content (AvgIpc) is 2.65. The molecule has 0 radical (unpaired) electrons. The van der Waals surface area contributed by atoms with E-state index < -0.39 is 0 Å². The number of carbonyl (C=O) groups is 2. The third-order valence-corrected chi connectivity index (χ3v) is 5.39. The minimum atomic E-state index is 0.0763. The Morgan fingerprint density at radius 1 is 1.07 bits per heavy atom. The summed E-state index contributed by atoms with van der Waals surface area (Å²) in [5.74, 6) is 0.777. The van der Waals surface area contributed by atoms with E-state index in [1.165, 1.54) is 0 Å². The zero-order chi connectivity index (χ0) is 21.4. The van der Waals surface area contributed by atoms with Gasteiger partial charge in [-0.1, -0.05) is 41.0 Å². The van der Waals surface area contributed by atoms with E-state index in [1.54, 1.807) is 0 Å². The Balaban J connectivity index is 1.80. The van der Waals surface area contributed by atoms with Crippen molar-refractivity contribution in [3.8, 4) is 0 Å². The first-order valence-corrected chi connectivity index (χ1v) is 11.1. The summed E-state index contributed by atoms with van der Waals surface area (Å²) in [5.41, 5.74) is 2.25. The second-order valence-corrected chi connectivity index (χ2v) is 9.64. The smallest absolute Gasteiger partial charge is 0.224 e. The van der Waals surface area contributed by atoms with Gasteiger partial charge in [0.15, 0.2) is 0 Å². The molecule has 0 bridgehead atoms. The summed E-state index contributed by atoms with van der Waals surface area (Å²) < 4.78 is 0. The van der Waals surface area contributed by atoms with Gasteiger partial charge in [0.05, 0.1) is 0 Å². The van der Waals surface area contributed by atoms with E-state index in [1.807, 2.05) is 17.0 Å². The SMILES string of the molecule is CCCCC(=O)Nc1ccc(N2CCN(C(=O)C[C@@H](C)CC(C)(C)C)CC2)cc1. The highest BCUT2D eigenvalue weighted by atomic mass is 16.2. The summed E-state index contributed by atoms with van der Waals surface area (Å²) in [4.78, 5) is 28.8. The van der Waals surface area contributed by atoms with Crippen LogP contribution < -0.4 is 10.2 Å². The molecule has 1 aliphatic heterocycles. The maximum Gasteiger partial charge on any atom is 0.224 e. The molecular weight excluding hydrogens is 362 g/mol. The third-order valence-electron chi connectivity index (χ3n) is 5.39. The molecule has 0 spiro atoms. The lowest BCUT2D eigenvalue weighted by molar-refractivity contribution is -0.132. The van der Waals surface area contributed by atoms with Crippen molar-refractivity contribution >= 4 is 23.2 Å². The Morgan fingerprint density at radius 2 is 1.69 bits per heavy atom. The third kappa shape index (κ3) is 8.08. The number of anilines is 2. The van der Waals surface area contributed by atoms with Crippen molar-refractivity contribution in [2.45, 2.75) is 66.7 Å². The van der Waals surface area contributed by atoms with Gasteiger partial charge < -0.3 is 15.1 Å². The number of rotatable bonds is 8. The lowest BCUT2D eigenvalue weighted by Crippen LogP contribution is -2.49. The maximum atomic E-state index is 12.6. The lowest BCUT2D eigenvalue weighted by atomic mass is 9.84. The molecule has 1 aromatic carbocycles. The summed E-state index contributed by atoms with van der Waals surface area (Å²) in [6.45, 7) is 14.2. The van der Waals surface area contributed by atoms with E-state index in [-0.39, 0.29) is 17.2 Å². The normalized spacial score (nSPS) is 15.9. The van der Waals surface area contributed by atoms with Gasteiger partial charge in [-0.2, -0.15) is 0 Å². The number of hydrogen-bond donors (Lipinski definition) is 1. The molecule has 2 amide bonds. The lowest BCUT2D eigenvalue weighted by Gasteiger charge is -2.37. The van der Waals surface area contributed by atoms with Crippen LogP contribution in [0.1, 0.15) is 66.7 Å². The zero-order valence-electron chi connectivity index (χ0n) is 19.0. The monoisotopic (exact) mass is 401 g/mol. The van der Waals surface area contributed by atoms with Crippen LogP contribution in [0.25, 0.3) is 0 Å². The highest BCUT2D eigenvalue weighted by molar-refractivity contribution is 5.90. The molecule has 5 heteroatoms. The van der Waals surface area contributed by atoms with E-state index in [4.69, 9.17) is 0 Å². The van der Waals surface area contributed by atoms with Gasteiger partial charge >= 0.3 is 0 Å². The Labute approximate surface area is 176 Å². The fraction of sp³-hybridized carbons (Fsp3) is 0.667. The molecule has 1 heterocycles. The number of nitrogens with one attached hydrogen (secondary N) is 1. The molecule has 2 rings (SSSR count). The summed E-state index contributed by atoms with van der Waals surface area (Å²) in [6.07, 6.45) is 4.23. The standard InChI is InChI=1S/C24H39N3O2/c1-6-7-8-22(28)25-20-9-11-21(12-10-20)26-13-15-27(16-14-26)23(29)17-19(2)18-24(3,4)5/h9-12,19H,6-8,13-18H2,1-5H3,(H,25,28)/t19-/m1/s1. The quantitative estimate of drug-likeness (QED) is 0.672. The molecule has 1 N–H and O–H groups in total. The summed E-state index contributed by atoms with van der Waals surface area (Å²) in [7, 11) is 0. The molecule has 1 fully saturated rings. The molecule has 1 aromatic rings. The Bertz CT molecular complexity index is 656. The largest absolute Gasteiger partial charge is 0.368 e. The van der Waals surface area contributed by atoms with Gasteiger partial charge in [-0.25, -0.2) is 0 Å². The van der Waals surface area contributed by atoms with Crippen LogP contribution in [0, 0.1) is 11.3 Å². The maximum absolute atomic E-state index is 12.6. The van der Waals surface area contributed by atoms with E-state index in [0.29, 0.717) is 18.8 Å². The van der Waals surface area contributed by atoms with Crippen LogP contribution in [0.2, 0.25) is 0 Å². The Kier molecular flexibility index (Phi) is 8.54. The summed E-state index contributed by atoms with van der Waals surface area (Å²) in [5, 5.41) is 2.95. The number of amides is 2. The summed E-state index contributed by atoms with van der Waals surface area (Å²) in [6, 6.07) is 8.03. The van der Waals surface area contributed by atoms with Crippen molar-refractivity contribution in [2.24, 2.45) is 11.3 Å². The average molecular weight is 402 g/mol. The highest BCUT2D eigenvalue weighted by Crippen LogP contribution is 2.27. The second-order valence-electron chi connectivity index (χ2n) is 9.64. The number of unbranched alkanes of at least 4 members (excludes halogenated alkanes) is 1. The number of carbonyl (C=O) groups excluding carboxylic acids is 2. The molecule has 1 atom stereocenters. The fourth-order valence-electron chi connectivity index (χ4n) is 4.08. The van der Waals surface area contributed by atoms with Crippen LogP contribution >= 0.6 is 0 Å². The molecular formula is C24H39N3O2. The molecule has 0 aromatic heterocycles. The van der Waals surface area contributed by atoms with Crippen molar-refractivity contribution in [3.05, 3.63) is 24.3 Å². The van der Waals surface area contributed by atoms with Crippen molar-refractivity contribution in [2.75, 3.05) is 36.4 Å². The van der Waals surface area contributed by atoms with Gasteiger partial charge in [0, 0.05) is 50.4 Å². The first-order valence-electron chi connectivity index (χ1n) is 11.1. The molecule has 0 saturated carbocycles. The van der Waals surface area contributed by atoms with Gasteiger partial charge in [0.2, 0.25) is 11.8 Å². The molecule has 0 aliphatic carbocycles. The van der Waals surface area contributed by atoms with Crippen LogP contribution in [0.5, 0.6) is 0 Å². The number of benzene rings is 1. The molecule has 162 valence electrons. The van der Waals surface area contributed by atoms with Crippen LogP contribution in [0.3, 0.4) is 0 Å². The number of hydrogen-bond acceptors (Lipinski definition) is 3. The molecule has 0 unspecified atom stereocenters.